The fourth-order valence-electron chi connectivity index (χ4n) is 4.12. The topological polar surface area (TPSA) is 65.8 Å². The Morgan fingerprint density at radius 3 is 2.38 bits per heavy atom. The van der Waals surface area contributed by atoms with E-state index in [4.69, 9.17) is 16.6 Å². The molecule has 0 saturated heterocycles. The minimum Gasteiger partial charge on any atom is -0.325 e. The maximum absolute atomic E-state index is 13.3. The average molecular weight is 520 g/mol. The molecular formula is C31H22ClN3OS. The number of aromatic nitrogens is 1. The number of pyridine rings is 1. The molecule has 0 saturated carbocycles. The fourth-order valence-corrected chi connectivity index (χ4v) is 5.17. The van der Waals surface area contributed by atoms with Gasteiger partial charge in [-0.1, -0.05) is 102 Å². The molecule has 1 N–H and O–H groups in total. The summed E-state index contributed by atoms with van der Waals surface area (Å²) in [5, 5.41) is 15.9. The number of benzene rings is 4. The Morgan fingerprint density at radius 2 is 1.62 bits per heavy atom. The molecule has 0 fully saturated rings. The molecule has 5 aromatic rings. The molecule has 4 aromatic carbocycles. The average Bonchev–Trinajstić information content (AvgIpc) is 2.93. The number of amides is 1. The second kappa shape index (κ2) is 10.9. The van der Waals surface area contributed by atoms with Crippen molar-refractivity contribution in [3.05, 3.63) is 114 Å². The molecule has 0 aliphatic heterocycles. The number of hydrogen-bond acceptors (Lipinski definition) is 4. The highest BCUT2D eigenvalue weighted by atomic mass is 35.5. The number of rotatable bonds is 6. The van der Waals surface area contributed by atoms with E-state index in [-0.39, 0.29) is 5.91 Å². The molecule has 1 aromatic heterocycles. The van der Waals surface area contributed by atoms with Crippen LogP contribution in [0.3, 0.4) is 0 Å². The number of carbonyl (C=O) groups excluding carboxylic acids is 1. The molecule has 0 bridgehead atoms. The maximum Gasteiger partial charge on any atom is 0.237 e. The quantitative estimate of drug-likeness (QED) is 0.229. The van der Waals surface area contributed by atoms with E-state index in [1.165, 1.54) is 11.8 Å². The van der Waals surface area contributed by atoms with E-state index >= 15 is 0 Å². The summed E-state index contributed by atoms with van der Waals surface area (Å²) in [6, 6.07) is 35.2. The first-order valence-electron chi connectivity index (χ1n) is 11.8. The van der Waals surface area contributed by atoms with Crippen LogP contribution in [0, 0.1) is 11.3 Å². The SMILES string of the molecule is CC(Sc1nc(-c2ccccc2)cc(-c2ccc(Cl)cc2)c1C#N)C(=O)Nc1cccc2ccccc12. The van der Waals surface area contributed by atoms with Crippen molar-refractivity contribution in [1.29, 1.82) is 5.26 Å². The third kappa shape index (κ3) is 5.36. The molecule has 0 aliphatic carbocycles. The summed E-state index contributed by atoms with van der Waals surface area (Å²) in [5.41, 5.74) is 4.44. The molecule has 5 rings (SSSR count). The minimum atomic E-state index is -0.498. The normalized spacial score (nSPS) is 11.6. The number of halogens is 1. The van der Waals surface area contributed by atoms with E-state index in [2.05, 4.69) is 11.4 Å². The van der Waals surface area contributed by atoms with Crippen molar-refractivity contribution in [3.63, 3.8) is 0 Å². The monoisotopic (exact) mass is 519 g/mol. The van der Waals surface area contributed by atoms with Crippen molar-refractivity contribution in [1.82, 2.24) is 4.98 Å². The van der Waals surface area contributed by atoms with Gasteiger partial charge < -0.3 is 5.32 Å². The van der Waals surface area contributed by atoms with Crippen LogP contribution in [0.15, 0.2) is 108 Å². The lowest BCUT2D eigenvalue weighted by molar-refractivity contribution is -0.115. The lowest BCUT2D eigenvalue weighted by Crippen LogP contribution is -2.22. The Morgan fingerprint density at radius 1 is 0.919 bits per heavy atom. The zero-order valence-corrected chi connectivity index (χ0v) is 21.6. The first-order chi connectivity index (χ1) is 18.0. The van der Waals surface area contributed by atoms with Gasteiger partial charge >= 0.3 is 0 Å². The van der Waals surface area contributed by atoms with Crippen molar-refractivity contribution < 1.29 is 4.79 Å². The van der Waals surface area contributed by atoms with Gasteiger partial charge in [0.05, 0.1) is 16.5 Å². The minimum absolute atomic E-state index is 0.162. The van der Waals surface area contributed by atoms with E-state index in [1.54, 1.807) is 12.1 Å². The highest BCUT2D eigenvalue weighted by Gasteiger charge is 2.22. The van der Waals surface area contributed by atoms with Gasteiger partial charge in [-0.05, 0) is 42.1 Å². The van der Waals surface area contributed by atoms with E-state index < -0.39 is 5.25 Å². The second-order valence-corrected chi connectivity index (χ2v) is 10.3. The van der Waals surface area contributed by atoms with Crippen LogP contribution in [0.2, 0.25) is 5.02 Å². The Hall–Kier alpha value is -4.11. The van der Waals surface area contributed by atoms with Gasteiger partial charge in [-0.25, -0.2) is 4.98 Å². The van der Waals surface area contributed by atoms with Gasteiger partial charge in [0.1, 0.15) is 11.1 Å². The fraction of sp³-hybridized carbons (Fsp3) is 0.0645. The molecule has 0 spiro atoms. The molecule has 37 heavy (non-hydrogen) atoms. The molecular weight excluding hydrogens is 498 g/mol. The molecule has 0 aliphatic rings. The molecule has 1 unspecified atom stereocenters. The smallest absolute Gasteiger partial charge is 0.237 e. The third-order valence-electron chi connectivity index (χ3n) is 6.03. The molecule has 1 heterocycles. The standard InChI is InChI=1S/C31H22ClN3OS/c1-20(30(36)34-28-13-7-11-21-8-5-6-12-25(21)28)37-31-27(19-33)26(22-14-16-24(32)17-15-22)18-29(35-31)23-9-3-2-4-10-23/h2-18,20H,1H3,(H,34,36). The van der Waals surface area contributed by atoms with Crippen LogP contribution in [0.25, 0.3) is 33.2 Å². The lowest BCUT2D eigenvalue weighted by Gasteiger charge is -2.16. The van der Waals surface area contributed by atoms with E-state index in [0.717, 1.165) is 38.8 Å². The van der Waals surface area contributed by atoms with Gasteiger partial charge in [0.2, 0.25) is 5.91 Å². The number of carbonyl (C=O) groups is 1. The number of nitrogens with one attached hydrogen (secondary N) is 1. The Bertz CT molecular complexity index is 1620. The highest BCUT2D eigenvalue weighted by Crippen LogP contribution is 2.36. The van der Waals surface area contributed by atoms with Crippen molar-refractivity contribution >= 4 is 45.7 Å². The molecule has 0 radical (unpaired) electrons. The number of thioether (sulfide) groups is 1. The predicted molar refractivity (Wildman–Crippen MR) is 153 cm³/mol. The van der Waals surface area contributed by atoms with Crippen molar-refractivity contribution in [2.24, 2.45) is 0 Å². The molecule has 180 valence electrons. The van der Waals surface area contributed by atoms with Gasteiger partial charge in [-0.3, -0.25) is 4.79 Å². The van der Waals surface area contributed by atoms with E-state index in [9.17, 15) is 10.1 Å². The molecule has 1 atom stereocenters. The van der Waals surface area contributed by atoms with Crippen LogP contribution in [0.1, 0.15) is 12.5 Å². The van der Waals surface area contributed by atoms with Crippen LogP contribution in [-0.2, 0) is 4.79 Å². The van der Waals surface area contributed by atoms with Crippen LogP contribution in [-0.4, -0.2) is 16.1 Å². The highest BCUT2D eigenvalue weighted by molar-refractivity contribution is 8.00. The Labute approximate surface area is 224 Å². The first-order valence-corrected chi connectivity index (χ1v) is 13.0. The largest absolute Gasteiger partial charge is 0.325 e. The number of nitriles is 1. The van der Waals surface area contributed by atoms with Crippen LogP contribution in [0.4, 0.5) is 5.69 Å². The van der Waals surface area contributed by atoms with Gasteiger partial charge in [0.15, 0.2) is 0 Å². The Balaban J connectivity index is 1.51. The summed E-state index contributed by atoms with van der Waals surface area (Å²) < 4.78 is 0. The van der Waals surface area contributed by atoms with Gasteiger partial charge in [-0.15, -0.1) is 0 Å². The molecule has 1 amide bonds. The van der Waals surface area contributed by atoms with Crippen LogP contribution < -0.4 is 5.32 Å². The number of nitrogens with zero attached hydrogens (tertiary/aromatic N) is 2. The predicted octanol–water partition coefficient (Wildman–Crippen LogP) is 8.21. The van der Waals surface area contributed by atoms with Crippen molar-refractivity contribution in [2.45, 2.75) is 17.2 Å². The summed E-state index contributed by atoms with van der Waals surface area (Å²) >= 11 is 7.39. The van der Waals surface area contributed by atoms with E-state index in [0.29, 0.717) is 15.6 Å². The summed E-state index contributed by atoms with van der Waals surface area (Å²) in [6.45, 7) is 1.82. The summed E-state index contributed by atoms with van der Waals surface area (Å²) in [6.07, 6.45) is 0. The zero-order valence-electron chi connectivity index (χ0n) is 20.0. The second-order valence-electron chi connectivity index (χ2n) is 8.50. The molecule has 6 heteroatoms. The summed E-state index contributed by atoms with van der Waals surface area (Å²) in [4.78, 5) is 18.1. The maximum atomic E-state index is 13.3. The van der Waals surface area contributed by atoms with Gasteiger partial charge in [-0.2, -0.15) is 5.26 Å². The van der Waals surface area contributed by atoms with Crippen LogP contribution >= 0.6 is 23.4 Å². The lowest BCUT2D eigenvalue weighted by atomic mass is 9.99. The van der Waals surface area contributed by atoms with E-state index in [1.807, 2.05) is 97.9 Å². The molecule has 4 nitrogen and oxygen atoms in total. The summed E-state index contributed by atoms with van der Waals surface area (Å²) in [5.74, 6) is -0.162. The number of hydrogen-bond donors (Lipinski definition) is 1. The summed E-state index contributed by atoms with van der Waals surface area (Å²) in [7, 11) is 0. The first kappa shape index (κ1) is 24.6. The number of anilines is 1. The van der Waals surface area contributed by atoms with Crippen LogP contribution in [0.5, 0.6) is 0 Å². The third-order valence-corrected chi connectivity index (χ3v) is 7.37. The van der Waals surface area contributed by atoms with Crippen molar-refractivity contribution in [2.75, 3.05) is 5.32 Å². The Kier molecular flexibility index (Phi) is 7.23. The van der Waals surface area contributed by atoms with Gasteiger partial charge in [0.25, 0.3) is 0 Å². The zero-order chi connectivity index (χ0) is 25.8. The number of fused-ring (bicyclic) bond motifs is 1. The van der Waals surface area contributed by atoms with Crippen molar-refractivity contribution in [3.8, 4) is 28.5 Å². The van der Waals surface area contributed by atoms with Gasteiger partial charge in [0, 0.05) is 27.2 Å².